The normalized spacial score (nSPS) is 13.5. The first kappa shape index (κ1) is 13.5. The summed E-state index contributed by atoms with van der Waals surface area (Å²) in [5.41, 5.74) is 5.04. The van der Waals surface area contributed by atoms with Crippen LogP contribution in [-0.2, 0) is 11.3 Å². The molecule has 0 spiro atoms. The van der Waals surface area contributed by atoms with Crippen LogP contribution in [0.4, 0.5) is 0 Å². The lowest BCUT2D eigenvalue weighted by molar-refractivity contribution is -0.0160. The summed E-state index contributed by atoms with van der Waals surface area (Å²) in [5.74, 6) is 0.871. The van der Waals surface area contributed by atoms with Crippen molar-refractivity contribution in [2.45, 2.75) is 6.61 Å². The Morgan fingerprint density at radius 2 is 2.00 bits per heavy atom. The van der Waals surface area contributed by atoms with Crippen molar-refractivity contribution in [3.8, 4) is 28.3 Å². The van der Waals surface area contributed by atoms with Gasteiger partial charge in [0.05, 0.1) is 18.0 Å². The summed E-state index contributed by atoms with van der Waals surface area (Å²) in [4.78, 5) is 0. The number of halogens is 1. The van der Waals surface area contributed by atoms with E-state index >= 15 is 0 Å². The second kappa shape index (κ2) is 5.59. The second-order valence-corrected chi connectivity index (χ2v) is 5.99. The van der Waals surface area contributed by atoms with Gasteiger partial charge in [-0.05, 0) is 24.3 Å². The van der Waals surface area contributed by atoms with Crippen LogP contribution < -0.4 is 4.74 Å². The molecule has 0 radical (unpaired) electrons. The van der Waals surface area contributed by atoms with E-state index in [0.29, 0.717) is 13.4 Å². The number of rotatable bonds is 2. The number of fused-ring (bicyclic) bond motifs is 1. The molecule has 0 amide bonds. The Bertz CT molecular complexity index is 829. The van der Waals surface area contributed by atoms with Crippen molar-refractivity contribution in [1.82, 2.24) is 10.2 Å². The highest BCUT2D eigenvalue weighted by molar-refractivity contribution is 9.10. The van der Waals surface area contributed by atoms with Crippen LogP contribution in [0.15, 0.2) is 53.0 Å². The van der Waals surface area contributed by atoms with E-state index in [-0.39, 0.29) is 0 Å². The quantitative estimate of drug-likeness (QED) is 0.741. The second-order valence-electron chi connectivity index (χ2n) is 5.07. The number of hydrogen-bond acceptors (Lipinski definition) is 3. The maximum absolute atomic E-state index is 5.53. The maximum Gasteiger partial charge on any atom is 0.189 e. The summed E-state index contributed by atoms with van der Waals surface area (Å²) in [6.45, 7) is 0.852. The third kappa shape index (κ3) is 2.42. The number of benzene rings is 2. The molecular weight excluding hydrogens is 344 g/mol. The summed E-state index contributed by atoms with van der Waals surface area (Å²) in [7, 11) is 0. The van der Waals surface area contributed by atoms with Gasteiger partial charge in [-0.25, -0.2) is 0 Å². The lowest BCUT2D eigenvalue weighted by Gasteiger charge is -2.19. The van der Waals surface area contributed by atoms with E-state index in [9.17, 15) is 0 Å². The largest absolute Gasteiger partial charge is 0.467 e. The van der Waals surface area contributed by atoms with E-state index in [0.717, 1.165) is 38.3 Å². The van der Waals surface area contributed by atoms with E-state index in [1.54, 1.807) is 0 Å². The Morgan fingerprint density at radius 1 is 1.09 bits per heavy atom. The minimum atomic E-state index is 0.306. The number of nitrogens with zero attached hydrogens (tertiary/aromatic N) is 1. The predicted molar refractivity (Wildman–Crippen MR) is 87.4 cm³/mol. The van der Waals surface area contributed by atoms with Gasteiger partial charge >= 0.3 is 0 Å². The molecule has 3 aromatic rings. The van der Waals surface area contributed by atoms with Crippen LogP contribution >= 0.6 is 15.9 Å². The summed E-state index contributed by atoms with van der Waals surface area (Å²) >= 11 is 3.49. The lowest BCUT2D eigenvalue weighted by Crippen LogP contribution is -2.12. The van der Waals surface area contributed by atoms with Crippen LogP contribution in [0.3, 0.4) is 0 Å². The van der Waals surface area contributed by atoms with Gasteiger partial charge in [0.1, 0.15) is 5.75 Å². The van der Waals surface area contributed by atoms with Gasteiger partial charge < -0.3 is 9.47 Å². The standard InChI is InChI=1S/C17H13BrN2O2/c18-12-4-1-3-11(7-12)15-8-16(20-19-15)13-5-2-6-17-14(13)9-21-10-22-17/h1-8H,9-10H2,(H,19,20). The van der Waals surface area contributed by atoms with Gasteiger partial charge in [-0.1, -0.05) is 40.2 Å². The minimum Gasteiger partial charge on any atom is -0.467 e. The molecule has 4 rings (SSSR count). The highest BCUT2D eigenvalue weighted by Crippen LogP contribution is 2.34. The fraction of sp³-hybridized carbons (Fsp3) is 0.118. The minimum absolute atomic E-state index is 0.306. The van der Waals surface area contributed by atoms with E-state index in [2.05, 4.69) is 38.3 Å². The molecule has 0 aliphatic carbocycles. The average molecular weight is 357 g/mol. The molecule has 1 aromatic heterocycles. The molecule has 0 saturated heterocycles. The van der Waals surface area contributed by atoms with Crippen LogP contribution in [0.5, 0.6) is 5.75 Å². The van der Waals surface area contributed by atoms with Gasteiger partial charge in [0.2, 0.25) is 0 Å². The van der Waals surface area contributed by atoms with Crippen LogP contribution in [0.2, 0.25) is 0 Å². The van der Waals surface area contributed by atoms with Crippen LogP contribution in [-0.4, -0.2) is 17.0 Å². The van der Waals surface area contributed by atoms with Crippen LogP contribution in [0.25, 0.3) is 22.5 Å². The molecule has 4 nitrogen and oxygen atoms in total. The van der Waals surface area contributed by atoms with Crippen molar-refractivity contribution in [3.05, 3.63) is 58.6 Å². The highest BCUT2D eigenvalue weighted by Gasteiger charge is 2.17. The van der Waals surface area contributed by atoms with E-state index in [1.165, 1.54) is 0 Å². The van der Waals surface area contributed by atoms with Crippen LogP contribution in [0.1, 0.15) is 5.56 Å². The third-order valence-electron chi connectivity index (χ3n) is 3.67. The van der Waals surface area contributed by atoms with Gasteiger partial charge in [-0.2, -0.15) is 5.10 Å². The molecule has 2 heterocycles. The van der Waals surface area contributed by atoms with Crippen molar-refractivity contribution in [3.63, 3.8) is 0 Å². The molecule has 1 N–H and O–H groups in total. The monoisotopic (exact) mass is 356 g/mol. The average Bonchev–Trinajstić information content (AvgIpc) is 3.04. The van der Waals surface area contributed by atoms with E-state index in [1.807, 2.05) is 36.4 Å². The summed E-state index contributed by atoms with van der Waals surface area (Å²) in [6.07, 6.45) is 0. The van der Waals surface area contributed by atoms with Crippen molar-refractivity contribution in [2.75, 3.05) is 6.79 Å². The zero-order chi connectivity index (χ0) is 14.9. The molecule has 22 heavy (non-hydrogen) atoms. The maximum atomic E-state index is 5.53. The highest BCUT2D eigenvalue weighted by atomic mass is 79.9. The van der Waals surface area contributed by atoms with Gasteiger partial charge in [-0.15, -0.1) is 0 Å². The predicted octanol–water partition coefficient (Wildman–Crippen LogP) is 4.37. The Balaban J connectivity index is 1.76. The Hall–Kier alpha value is -2.11. The van der Waals surface area contributed by atoms with Crippen molar-refractivity contribution in [1.29, 1.82) is 0 Å². The molecule has 1 aliphatic heterocycles. The van der Waals surface area contributed by atoms with Crippen LogP contribution in [0, 0.1) is 0 Å². The lowest BCUT2D eigenvalue weighted by atomic mass is 10.0. The molecule has 0 atom stereocenters. The SMILES string of the molecule is Brc1cccc(-c2cc(-c3cccc4c3COCO4)n[nH]2)c1. The number of ether oxygens (including phenoxy) is 2. The van der Waals surface area contributed by atoms with Crippen molar-refractivity contribution < 1.29 is 9.47 Å². The molecule has 1 aliphatic rings. The molecule has 110 valence electrons. The summed E-state index contributed by atoms with van der Waals surface area (Å²) in [5, 5.41) is 7.55. The summed E-state index contributed by atoms with van der Waals surface area (Å²) in [6, 6.07) is 16.1. The molecule has 5 heteroatoms. The third-order valence-corrected chi connectivity index (χ3v) is 4.16. The molecule has 0 unspecified atom stereocenters. The zero-order valence-corrected chi connectivity index (χ0v) is 13.3. The van der Waals surface area contributed by atoms with Crippen molar-refractivity contribution >= 4 is 15.9 Å². The summed E-state index contributed by atoms with van der Waals surface area (Å²) < 4.78 is 12.0. The van der Waals surface area contributed by atoms with Gasteiger partial charge in [0.15, 0.2) is 6.79 Å². The Kier molecular flexibility index (Phi) is 3.44. The van der Waals surface area contributed by atoms with E-state index in [4.69, 9.17) is 9.47 Å². The number of aromatic nitrogens is 2. The molecule has 0 saturated carbocycles. The van der Waals surface area contributed by atoms with E-state index < -0.39 is 0 Å². The number of aromatic amines is 1. The van der Waals surface area contributed by atoms with Gasteiger partial charge in [0.25, 0.3) is 0 Å². The first-order chi connectivity index (χ1) is 10.8. The van der Waals surface area contributed by atoms with Gasteiger partial charge in [-0.3, -0.25) is 5.10 Å². The molecule has 0 bridgehead atoms. The Morgan fingerprint density at radius 3 is 2.91 bits per heavy atom. The van der Waals surface area contributed by atoms with Crippen molar-refractivity contribution in [2.24, 2.45) is 0 Å². The molecule has 2 aromatic carbocycles. The fourth-order valence-electron chi connectivity index (χ4n) is 2.60. The number of nitrogens with one attached hydrogen (secondary N) is 1. The fourth-order valence-corrected chi connectivity index (χ4v) is 3.00. The number of H-pyrrole nitrogens is 1. The smallest absolute Gasteiger partial charge is 0.189 e. The Labute approximate surface area is 136 Å². The molecule has 0 fully saturated rings. The first-order valence-corrected chi connectivity index (χ1v) is 7.75. The van der Waals surface area contributed by atoms with Gasteiger partial charge in [0, 0.05) is 21.2 Å². The molecular formula is C17H13BrN2O2. The topological polar surface area (TPSA) is 47.1 Å². The number of hydrogen-bond donors (Lipinski definition) is 1. The zero-order valence-electron chi connectivity index (χ0n) is 11.7. The first-order valence-electron chi connectivity index (χ1n) is 6.95.